The Bertz CT molecular complexity index is 551. The molecule has 112 valence electrons. The summed E-state index contributed by atoms with van der Waals surface area (Å²) in [6.07, 6.45) is 1.87. The van der Waals surface area contributed by atoms with Crippen molar-refractivity contribution in [1.82, 2.24) is 0 Å². The van der Waals surface area contributed by atoms with Crippen molar-refractivity contribution < 1.29 is 9.47 Å². The molecule has 1 unspecified atom stereocenters. The highest BCUT2D eigenvalue weighted by molar-refractivity contribution is 6.18. The van der Waals surface area contributed by atoms with E-state index >= 15 is 0 Å². The van der Waals surface area contributed by atoms with Gasteiger partial charge in [-0.05, 0) is 48.1 Å². The number of halogens is 1. The molecule has 3 heteroatoms. The van der Waals surface area contributed by atoms with Crippen molar-refractivity contribution in [2.45, 2.75) is 12.8 Å². The summed E-state index contributed by atoms with van der Waals surface area (Å²) in [5, 5.41) is 0. The predicted molar refractivity (Wildman–Crippen MR) is 87.6 cm³/mol. The average molecular weight is 305 g/mol. The van der Waals surface area contributed by atoms with Crippen LogP contribution >= 0.6 is 11.6 Å². The molecule has 0 fully saturated rings. The average Bonchev–Trinajstić information content (AvgIpc) is 2.55. The number of benzene rings is 2. The Morgan fingerprint density at radius 1 is 0.905 bits per heavy atom. The smallest absolute Gasteiger partial charge is 0.122 e. The van der Waals surface area contributed by atoms with Gasteiger partial charge in [-0.3, -0.25) is 0 Å². The van der Waals surface area contributed by atoms with Gasteiger partial charge < -0.3 is 9.47 Å². The molecule has 0 saturated carbocycles. The Morgan fingerprint density at radius 2 is 1.62 bits per heavy atom. The molecular formula is C18H21ClO2. The van der Waals surface area contributed by atoms with Crippen LogP contribution in [-0.4, -0.2) is 20.1 Å². The van der Waals surface area contributed by atoms with Crippen LogP contribution in [0, 0.1) is 5.92 Å². The molecule has 0 amide bonds. The molecule has 0 saturated heterocycles. The molecule has 0 N–H and O–H groups in total. The second kappa shape index (κ2) is 7.94. The highest BCUT2D eigenvalue weighted by Crippen LogP contribution is 2.24. The molecule has 21 heavy (non-hydrogen) atoms. The Labute approximate surface area is 131 Å². The summed E-state index contributed by atoms with van der Waals surface area (Å²) in [5.74, 6) is 2.83. The van der Waals surface area contributed by atoms with Gasteiger partial charge in [-0.25, -0.2) is 0 Å². The maximum absolute atomic E-state index is 6.16. The fourth-order valence-corrected chi connectivity index (χ4v) is 2.68. The number of alkyl halides is 1. The van der Waals surface area contributed by atoms with Crippen LogP contribution < -0.4 is 9.47 Å². The third-order valence-corrected chi connectivity index (χ3v) is 4.04. The van der Waals surface area contributed by atoms with Crippen LogP contribution in [0.2, 0.25) is 0 Å². The van der Waals surface area contributed by atoms with E-state index in [4.69, 9.17) is 21.1 Å². The lowest BCUT2D eigenvalue weighted by molar-refractivity contribution is 0.405. The molecule has 0 aliphatic carbocycles. The summed E-state index contributed by atoms with van der Waals surface area (Å²) >= 11 is 6.16. The first-order valence-corrected chi connectivity index (χ1v) is 7.61. The molecule has 0 aromatic heterocycles. The third kappa shape index (κ3) is 4.40. The van der Waals surface area contributed by atoms with Gasteiger partial charge in [0.1, 0.15) is 11.5 Å². The fourth-order valence-electron chi connectivity index (χ4n) is 2.46. The van der Waals surface area contributed by atoms with Gasteiger partial charge in [0.05, 0.1) is 14.2 Å². The summed E-state index contributed by atoms with van der Waals surface area (Å²) < 4.78 is 10.6. The van der Waals surface area contributed by atoms with E-state index in [0.29, 0.717) is 11.8 Å². The largest absolute Gasteiger partial charge is 0.497 e. The van der Waals surface area contributed by atoms with E-state index in [-0.39, 0.29) is 0 Å². The molecule has 0 spiro atoms. The Morgan fingerprint density at radius 3 is 2.24 bits per heavy atom. The second-order valence-electron chi connectivity index (χ2n) is 5.09. The van der Waals surface area contributed by atoms with E-state index in [1.165, 1.54) is 11.1 Å². The molecule has 2 nitrogen and oxygen atoms in total. The number of hydrogen-bond acceptors (Lipinski definition) is 2. The standard InChI is InChI=1S/C18H21ClO2/c1-20-17-9-7-14(8-10-17)11-15(13-19)12-16-5-3-4-6-18(16)21-2/h3-10,15H,11-13H2,1-2H3. The first-order valence-electron chi connectivity index (χ1n) is 7.07. The van der Waals surface area contributed by atoms with E-state index in [2.05, 4.69) is 18.2 Å². The lowest BCUT2D eigenvalue weighted by Crippen LogP contribution is -2.11. The molecule has 0 heterocycles. The summed E-state index contributed by atoms with van der Waals surface area (Å²) in [6.45, 7) is 0. The minimum atomic E-state index is 0.386. The Hall–Kier alpha value is -1.67. The van der Waals surface area contributed by atoms with Crippen LogP contribution in [0.25, 0.3) is 0 Å². The monoisotopic (exact) mass is 304 g/mol. The topological polar surface area (TPSA) is 18.5 Å². The molecule has 0 aliphatic heterocycles. The van der Waals surface area contributed by atoms with Crippen molar-refractivity contribution in [1.29, 1.82) is 0 Å². The summed E-state index contributed by atoms with van der Waals surface area (Å²) in [4.78, 5) is 0. The van der Waals surface area contributed by atoms with Gasteiger partial charge in [0.25, 0.3) is 0 Å². The maximum Gasteiger partial charge on any atom is 0.122 e. The van der Waals surface area contributed by atoms with Crippen molar-refractivity contribution in [2.75, 3.05) is 20.1 Å². The third-order valence-electron chi connectivity index (χ3n) is 3.60. The summed E-state index contributed by atoms with van der Waals surface area (Å²) in [5.41, 5.74) is 2.48. The van der Waals surface area contributed by atoms with Crippen molar-refractivity contribution in [3.63, 3.8) is 0 Å². The van der Waals surface area contributed by atoms with Gasteiger partial charge in [0, 0.05) is 5.88 Å². The highest BCUT2D eigenvalue weighted by Gasteiger charge is 2.12. The first kappa shape index (κ1) is 15.7. The SMILES string of the molecule is COc1ccc(CC(CCl)Cc2ccccc2OC)cc1. The molecule has 1 atom stereocenters. The fraction of sp³-hybridized carbons (Fsp3) is 0.333. The van der Waals surface area contributed by atoms with Crippen LogP contribution in [0.5, 0.6) is 11.5 Å². The zero-order valence-corrected chi connectivity index (χ0v) is 13.3. The van der Waals surface area contributed by atoms with Crippen LogP contribution in [0.1, 0.15) is 11.1 Å². The zero-order chi connectivity index (χ0) is 15.1. The molecule has 0 aliphatic rings. The normalized spacial score (nSPS) is 12.0. The molecule has 0 bridgehead atoms. The molecular weight excluding hydrogens is 284 g/mol. The first-order chi connectivity index (χ1) is 10.3. The van der Waals surface area contributed by atoms with Crippen molar-refractivity contribution in [3.8, 4) is 11.5 Å². The minimum Gasteiger partial charge on any atom is -0.497 e. The van der Waals surface area contributed by atoms with Gasteiger partial charge in [-0.15, -0.1) is 11.6 Å². The number of methoxy groups -OCH3 is 2. The predicted octanol–water partition coefficient (Wildman–Crippen LogP) is 4.34. The quantitative estimate of drug-likeness (QED) is 0.708. The number of ether oxygens (including phenoxy) is 2. The van der Waals surface area contributed by atoms with Gasteiger partial charge in [0.2, 0.25) is 0 Å². The minimum absolute atomic E-state index is 0.386. The number of rotatable bonds is 7. The molecule has 2 aromatic carbocycles. The van der Waals surface area contributed by atoms with Crippen LogP contribution in [0.3, 0.4) is 0 Å². The van der Waals surface area contributed by atoms with Crippen molar-refractivity contribution in [2.24, 2.45) is 5.92 Å². The van der Waals surface area contributed by atoms with Gasteiger partial charge in [-0.2, -0.15) is 0 Å². The number of hydrogen-bond donors (Lipinski definition) is 0. The van der Waals surface area contributed by atoms with Gasteiger partial charge in [-0.1, -0.05) is 30.3 Å². The van der Waals surface area contributed by atoms with Crippen LogP contribution in [0.15, 0.2) is 48.5 Å². The molecule has 2 rings (SSSR count). The summed E-state index contributed by atoms with van der Waals surface area (Å²) in [6, 6.07) is 16.3. The summed E-state index contributed by atoms with van der Waals surface area (Å²) in [7, 11) is 3.39. The van der Waals surface area contributed by atoms with Crippen molar-refractivity contribution >= 4 is 11.6 Å². The molecule has 2 aromatic rings. The zero-order valence-electron chi connectivity index (χ0n) is 12.5. The van der Waals surface area contributed by atoms with Crippen LogP contribution in [-0.2, 0) is 12.8 Å². The van der Waals surface area contributed by atoms with E-state index in [0.717, 1.165) is 24.3 Å². The van der Waals surface area contributed by atoms with E-state index in [9.17, 15) is 0 Å². The van der Waals surface area contributed by atoms with Crippen LogP contribution in [0.4, 0.5) is 0 Å². The van der Waals surface area contributed by atoms with Gasteiger partial charge >= 0.3 is 0 Å². The maximum atomic E-state index is 6.16. The van der Waals surface area contributed by atoms with E-state index in [1.54, 1.807) is 14.2 Å². The van der Waals surface area contributed by atoms with Gasteiger partial charge in [0.15, 0.2) is 0 Å². The Balaban J connectivity index is 2.05. The van der Waals surface area contributed by atoms with E-state index in [1.807, 2.05) is 30.3 Å². The number of para-hydroxylation sites is 1. The lowest BCUT2D eigenvalue weighted by Gasteiger charge is -2.16. The van der Waals surface area contributed by atoms with Crippen molar-refractivity contribution in [3.05, 3.63) is 59.7 Å². The van der Waals surface area contributed by atoms with E-state index < -0.39 is 0 Å². The Kier molecular flexibility index (Phi) is 5.94. The lowest BCUT2D eigenvalue weighted by atomic mass is 9.93. The second-order valence-corrected chi connectivity index (χ2v) is 5.40. The molecule has 0 radical (unpaired) electrons. The highest BCUT2D eigenvalue weighted by atomic mass is 35.5.